The Labute approximate surface area is 91.2 Å². The van der Waals surface area contributed by atoms with Crippen molar-refractivity contribution in [3.63, 3.8) is 0 Å². The van der Waals surface area contributed by atoms with Crippen molar-refractivity contribution in [3.8, 4) is 0 Å². The minimum atomic E-state index is -0.779. The summed E-state index contributed by atoms with van der Waals surface area (Å²) in [5.41, 5.74) is -0.779. The van der Waals surface area contributed by atoms with E-state index in [0.29, 0.717) is 5.92 Å². The number of carboxylic acid groups (broad SMARTS) is 1. The molecule has 4 heteroatoms. The van der Waals surface area contributed by atoms with Crippen molar-refractivity contribution < 1.29 is 14.6 Å². The van der Waals surface area contributed by atoms with Crippen LogP contribution in [0.4, 0.5) is 0 Å². The largest absolute Gasteiger partial charge is 0.480 e. The molecule has 1 heterocycles. The molecule has 0 aliphatic carbocycles. The lowest BCUT2D eigenvalue weighted by molar-refractivity contribution is -0.149. The molecule has 1 N–H and O–H groups in total. The zero-order chi connectivity index (χ0) is 11.5. The van der Waals surface area contributed by atoms with E-state index in [9.17, 15) is 4.79 Å². The predicted molar refractivity (Wildman–Crippen MR) is 57.9 cm³/mol. The van der Waals surface area contributed by atoms with Gasteiger partial charge < -0.3 is 9.84 Å². The second kappa shape index (κ2) is 4.94. The van der Waals surface area contributed by atoms with Gasteiger partial charge in [0.15, 0.2) is 0 Å². The van der Waals surface area contributed by atoms with E-state index in [1.54, 1.807) is 13.8 Å². The number of carbonyl (C=O) groups is 1. The Morgan fingerprint density at radius 1 is 1.47 bits per heavy atom. The minimum Gasteiger partial charge on any atom is -0.480 e. The van der Waals surface area contributed by atoms with Crippen LogP contribution in [0.2, 0.25) is 0 Å². The summed E-state index contributed by atoms with van der Waals surface area (Å²) >= 11 is 0. The molecule has 1 aliphatic heterocycles. The lowest BCUT2D eigenvalue weighted by Crippen LogP contribution is -2.50. The molecular formula is C11H21NO3. The van der Waals surface area contributed by atoms with Crippen LogP contribution in [0, 0.1) is 5.92 Å². The van der Waals surface area contributed by atoms with Crippen LogP contribution in [0.15, 0.2) is 0 Å². The molecule has 15 heavy (non-hydrogen) atoms. The van der Waals surface area contributed by atoms with Crippen molar-refractivity contribution in [3.05, 3.63) is 0 Å². The summed E-state index contributed by atoms with van der Waals surface area (Å²) in [4.78, 5) is 13.0. The lowest BCUT2D eigenvalue weighted by atomic mass is 9.96. The van der Waals surface area contributed by atoms with Crippen LogP contribution in [0.1, 0.15) is 26.7 Å². The normalized spacial score (nSPS) is 19.5. The van der Waals surface area contributed by atoms with E-state index < -0.39 is 11.5 Å². The van der Waals surface area contributed by atoms with Crippen LogP contribution < -0.4 is 0 Å². The van der Waals surface area contributed by atoms with Crippen molar-refractivity contribution in [2.24, 2.45) is 5.92 Å². The fourth-order valence-corrected chi connectivity index (χ4v) is 1.71. The van der Waals surface area contributed by atoms with Crippen LogP contribution in [0.5, 0.6) is 0 Å². The average molecular weight is 215 g/mol. The van der Waals surface area contributed by atoms with E-state index in [2.05, 4.69) is 0 Å². The lowest BCUT2D eigenvalue weighted by Gasteiger charge is -2.35. The molecular weight excluding hydrogens is 194 g/mol. The first-order valence-corrected chi connectivity index (χ1v) is 5.47. The number of hydrogen-bond acceptors (Lipinski definition) is 3. The SMILES string of the molecule is CN(CC1CCOCC1)C(C)(C)C(=O)O. The van der Waals surface area contributed by atoms with E-state index in [0.717, 1.165) is 32.6 Å². The highest BCUT2D eigenvalue weighted by Gasteiger charge is 2.33. The van der Waals surface area contributed by atoms with Crippen LogP contribution in [0.25, 0.3) is 0 Å². The zero-order valence-electron chi connectivity index (χ0n) is 9.82. The van der Waals surface area contributed by atoms with Gasteiger partial charge in [0, 0.05) is 19.8 Å². The monoisotopic (exact) mass is 215 g/mol. The van der Waals surface area contributed by atoms with Crippen molar-refractivity contribution in [2.45, 2.75) is 32.2 Å². The Kier molecular flexibility index (Phi) is 4.11. The summed E-state index contributed by atoms with van der Waals surface area (Å²) in [6.45, 7) is 5.95. The minimum absolute atomic E-state index is 0.572. The summed E-state index contributed by atoms with van der Waals surface area (Å²) in [7, 11) is 1.88. The molecule has 0 unspecified atom stereocenters. The third-order valence-electron chi connectivity index (χ3n) is 3.35. The first-order chi connectivity index (χ1) is 6.94. The zero-order valence-corrected chi connectivity index (χ0v) is 9.82. The van der Waals surface area contributed by atoms with E-state index in [-0.39, 0.29) is 0 Å². The highest BCUT2D eigenvalue weighted by molar-refractivity contribution is 5.77. The van der Waals surface area contributed by atoms with E-state index in [4.69, 9.17) is 9.84 Å². The van der Waals surface area contributed by atoms with Gasteiger partial charge in [-0.15, -0.1) is 0 Å². The number of likely N-dealkylation sites (N-methyl/N-ethyl adjacent to an activating group) is 1. The third-order valence-corrected chi connectivity index (χ3v) is 3.35. The summed E-state index contributed by atoms with van der Waals surface area (Å²) in [5.74, 6) is -0.195. The van der Waals surface area contributed by atoms with Gasteiger partial charge in [0.25, 0.3) is 0 Å². The topological polar surface area (TPSA) is 49.8 Å². The molecule has 88 valence electrons. The molecule has 0 bridgehead atoms. The first kappa shape index (κ1) is 12.5. The van der Waals surface area contributed by atoms with Crippen LogP contribution >= 0.6 is 0 Å². The smallest absolute Gasteiger partial charge is 0.323 e. The van der Waals surface area contributed by atoms with Crippen molar-refractivity contribution in [2.75, 3.05) is 26.8 Å². The van der Waals surface area contributed by atoms with Gasteiger partial charge in [0.1, 0.15) is 5.54 Å². The molecule has 0 amide bonds. The average Bonchev–Trinajstić information content (AvgIpc) is 2.18. The number of hydrogen-bond donors (Lipinski definition) is 1. The Bertz CT molecular complexity index is 222. The summed E-state index contributed by atoms with van der Waals surface area (Å²) in [5, 5.41) is 9.07. The van der Waals surface area contributed by atoms with Gasteiger partial charge in [-0.3, -0.25) is 9.69 Å². The highest BCUT2D eigenvalue weighted by Crippen LogP contribution is 2.20. The number of aliphatic carboxylic acids is 1. The van der Waals surface area contributed by atoms with Crippen LogP contribution in [0.3, 0.4) is 0 Å². The molecule has 0 atom stereocenters. The maximum absolute atomic E-state index is 11.0. The molecule has 0 spiro atoms. The van der Waals surface area contributed by atoms with Gasteiger partial charge in [-0.2, -0.15) is 0 Å². The summed E-state index contributed by atoms with van der Waals surface area (Å²) in [6, 6.07) is 0. The summed E-state index contributed by atoms with van der Waals surface area (Å²) in [6.07, 6.45) is 2.08. The van der Waals surface area contributed by atoms with Crippen molar-refractivity contribution >= 4 is 5.97 Å². The molecule has 4 nitrogen and oxygen atoms in total. The Morgan fingerprint density at radius 3 is 2.47 bits per heavy atom. The maximum Gasteiger partial charge on any atom is 0.323 e. The Morgan fingerprint density at radius 2 is 2.00 bits per heavy atom. The standard InChI is InChI=1S/C11H21NO3/c1-11(2,10(13)14)12(3)8-9-4-6-15-7-5-9/h9H,4-8H2,1-3H3,(H,13,14). The third kappa shape index (κ3) is 3.18. The highest BCUT2D eigenvalue weighted by atomic mass is 16.5. The molecule has 1 rings (SSSR count). The van der Waals surface area contributed by atoms with Crippen LogP contribution in [-0.4, -0.2) is 48.3 Å². The second-order valence-electron chi connectivity index (χ2n) is 4.80. The fraction of sp³-hybridized carbons (Fsp3) is 0.909. The molecule has 0 aromatic rings. The van der Waals surface area contributed by atoms with Gasteiger partial charge in [-0.1, -0.05) is 0 Å². The summed E-state index contributed by atoms with van der Waals surface area (Å²) < 4.78 is 5.28. The number of rotatable bonds is 4. The van der Waals surface area contributed by atoms with E-state index in [1.165, 1.54) is 0 Å². The van der Waals surface area contributed by atoms with Gasteiger partial charge in [-0.25, -0.2) is 0 Å². The molecule has 0 aromatic carbocycles. The molecule has 0 radical (unpaired) electrons. The predicted octanol–water partition coefficient (Wildman–Crippen LogP) is 1.21. The van der Waals surface area contributed by atoms with Crippen molar-refractivity contribution in [1.29, 1.82) is 0 Å². The first-order valence-electron chi connectivity index (χ1n) is 5.47. The van der Waals surface area contributed by atoms with Gasteiger partial charge in [0.2, 0.25) is 0 Å². The molecule has 1 fully saturated rings. The van der Waals surface area contributed by atoms with Gasteiger partial charge in [0.05, 0.1) is 0 Å². The van der Waals surface area contributed by atoms with Crippen molar-refractivity contribution in [1.82, 2.24) is 4.90 Å². The van der Waals surface area contributed by atoms with Crippen LogP contribution in [-0.2, 0) is 9.53 Å². The second-order valence-corrected chi connectivity index (χ2v) is 4.80. The fourth-order valence-electron chi connectivity index (χ4n) is 1.71. The van der Waals surface area contributed by atoms with E-state index >= 15 is 0 Å². The molecule has 1 saturated heterocycles. The number of nitrogens with zero attached hydrogens (tertiary/aromatic N) is 1. The molecule has 0 saturated carbocycles. The molecule has 0 aromatic heterocycles. The molecule has 1 aliphatic rings. The van der Waals surface area contributed by atoms with Gasteiger partial charge in [-0.05, 0) is 39.7 Å². The Balaban J connectivity index is 2.46. The van der Waals surface area contributed by atoms with E-state index in [1.807, 2.05) is 11.9 Å². The number of ether oxygens (including phenoxy) is 1. The maximum atomic E-state index is 11.0. The van der Waals surface area contributed by atoms with Gasteiger partial charge >= 0.3 is 5.97 Å². The Hall–Kier alpha value is -0.610. The number of carboxylic acids is 1. The quantitative estimate of drug-likeness (QED) is 0.765.